The van der Waals surface area contributed by atoms with Gasteiger partial charge in [0.25, 0.3) is 10.0 Å². The van der Waals surface area contributed by atoms with Gasteiger partial charge in [0.05, 0.1) is 23.4 Å². The molecule has 1 aromatic carbocycles. The molecule has 0 bridgehead atoms. The molecule has 2 aromatic rings. The van der Waals surface area contributed by atoms with Crippen LogP contribution in [0.4, 0.5) is 10.1 Å². The Kier molecular flexibility index (Phi) is 9.07. The molecule has 1 saturated carbocycles. The molecule has 4 rings (SSSR count). The molecule has 2 aliphatic rings. The number of methoxy groups -OCH3 is 1. The number of ether oxygens (including phenoxy) is 1. The van der Waals surface area contributed by atoms with Gasteiger partial charge < -0.3 is 14.7 Å². The number of nitrogens with one attached hydrogen (secondary N) is 1. The van der Waals surface area contributed by atoms with E-state index in [0.717, 1.165) is 48.7 Å². The van der Waals surface area contributed by atoms with Gasteiger partial charge in [-0.2, -0.15) is 8.42 Å². The first kappa shape index (κ1) is 27.8. The van der Waals surface area contributed by atoms with E-state index >= 15 is 0 Å². The molecule has 204 valence electrons. The number of carboxylic acid groups (broad SMARTS) is 1. The van der Waals surface area contributed by atoms with Crippen LogP contribution in [0.25, 0.3) is 0 Å². The first-order valence-corrected chi connectivity index (χ1v) is 15.4. The average Bonchev–Trinajstić information content (AvgIpc) is 3.39. The van der Waals surface area contributed by atoms with Gasteiger partial charge in [-0.05, 0) is 63.6 Å². The van der Waals surface area contributed by atoms with E-state index in [1.54, 1.807) is 0 Å². The number of sulfonamides is 1. The van der Waals surface area contributed by atoms with Gasteiger partial charge in [0.15, 0.2) is 5.03 Å². The van der Waals surface area contributed by atoms with Crippen LogP contribution in [0, 0.1) is 11.7 Å². The minimum atomic E-state index is -4.11. The SMILES string of the molecule is CCCCC1CCN([C@H]2CC[C@H](c3nc(S(=O)(=O)Nc4cc(F)c(C(=O)O)cc4OC)cs3)CC2)CC1. The highest BCUT2D eigenvalue weighted by Gasteiger charge is 2.31. The fraction of sp³-hybridized carbons (Fsp3) is 0.615. The molecule has 1 aromatic heterocycles. The van der Waals surface area contributed by atoms with E-state index in [1.165, 1.54) is 69.0 Å². The topological polar surface area (TPSA) is 109 Å². The number of nitrogens with zero attached hydrogens (tertiary/aromatic N) is 2. The summed E-state index contributed by atoms with van der Waals surface area (Å²) in [5.41, 5.74) is -0.786. The van der Waals surface area contributed by atoms with Crippen LogP contribution in [0.15, 0.2) is 22.5 Å². The number of likely N-dealkylation sites (tertiary alicyclic amines) is 1. The maximum absolute atomic E-state index is 14.2. The van der Waals surface area contributed by atoms with Crippen molar-refractivity contribution in [1.82, 2.24) is 9.88 Å². The minimum absolute atomic E-state index is 0.0921. The van der Waals surface area contributed by atoms with Gasteiger partial charge in [-0.1, -0.05) is 26.2 Å². The van der Waals surface area contributed by atoms with E-state index in [-0.39, 0.29) is 22.4 Å². The van der Waals surface area contributed by atoms with Crippen LogP contribution in [-0.4, -0.2) is 55.6 Å². The number of carboxylic acids is 1. The van der Waals surface area contributed by atoms with Crippen molar-refractivity contribution in [3.05, 3.63) is 33.9 Å². The number of piperidine rings is 1. The molecule has 1 aliphatic heterocycles. The first-order valence-electron chi connectivity index (χ1n) is 13.0. The molecule has 0 amide bonds. The summed E-state index contributed by atoms with van der Waals surface area (Å²) in [6.07, 6.45) is 10.7. The number of hydrogen-bond acceptors (Lipinski definition) is 7. The Bertz CT molecular complexity index is 1190. The largest absolute Gasteiger partial charge is 0.495 e. The number of halogens is 1. The summed E-state index contributed by atoms with van der Waals surface area (Å²) in [5.74, 6) is -1.52. The fourth-order valence-electron chi connectivity index (χ4n) is 5.53. The summed E-state index contributed by atoms with van der Waals surface area (Å²) >= 11 is 1.33. The minimum Gasteiger partial charge on any atom is -0.495 e. The molecule has 2 heterocycles. The van der Waals surface area contributed by atoms with Crippen LogP contribution in [0.5, 0.6) is 5.75 Å². The summed E-state index contributed by atoms with van der Waals surface area (Å²) in [5, 5.41) is 11.3. The number of anilines is 1. The number of thiazole rings is 1. The number of aromatic nitrogens is 1. The smallest absolute Gasteiger partial charge is 0.338 e. The monoisotopic (exact) mass is 553 g/mol. The molecule has 1 aliphatic carbocycles. The molecule has 8 nitrogen and oxygen atoms in total. The van der Waals surface area contributed by atoms with Crippen molar-refractivity contribution in [3.63, 3.8) is 0 Å². The highest BCUT2D eigenvalue weighted by atomic mass is 32.2. The average molecular weight is 554 g/mol. The lowest BCUT2D eigenvalue weighted by atomic mass is 9.84. The highest BCUT2D eigenvalue weighted by Crippen LogP contribution is 2.38. The summed E-state index contributed by atoms with van der Waals surface area (Å²) in [6.45, 7) is 4.63. The summed E-state index contributed by atoms with van der Waals surface area (Å²) in [4.78, 5) is 18.3. The van der Waals surface area contributed by atoms with E-state index in [4.69, 9.17) is 9.84 Å². The number of aromatic carboxylic acids is 1. The molecule has 1 saturated heterocycles. The van der Waals surface area contributed by atoms with Crippen molar-refractivity contribution in [2.75, 3.05) is 24.9 Å². The molecule has 0 radical (unpaired) electrons. The van der Waals surface area contributed by atoms with Crippen molar-refractivity contribution < 1.29 is 27.4 Å². The molecule has 2 N–H and O–H groups in total. The van der Waals surface area contributed by atoms with E-state index in [9.17, 15) is 17.6 Å². The third-order valence-electron chi connectivity index (χ3n) is 7.72. The lowest BCUT2D eigenvalue weighted by molar-refractivity contribution is 0.0691. The highest BCUT2D eigenvalue weighted by molar-refractivity contribution is 7.92. The Morgan fingerprint density at radius 3 is 2.54 bits per heavy atom. The zero-order chi connectivity index (χ0) is 26.6. The van der Waals surface area contributed by atoms with Crippen molar-refractivity contribution >= 4 is 33.0 Å². The maximum Gasteiger partial charge on any atom is 0.338 e. The zero-order valence-corrected chi connectivity index (χ0v) is 23.0. The van der Waals surface area contributed by atoms with Crippen molar-refractivity contribution in [1.29, 1.82) is 0 Å². The normalized spacial score (nSPS) is 21.6. The quantitative estimate of drug-likeness (QED) is 0.387. The number of benzene rings is 1. The van der Waals surface area contributed by atoms with E-state index in [0.29, 0.717) is 6.04 Å². The van der Waals surface area contributed by atoms with Gasteiger partial charge in [-0.3, -0.25) is 4.72 Å². The van der Waals surface area contributed by atoms with Gasteiger partial charge in [0.2, 0.25) is 0 Å². The van der Waals surface area contributed by atoms with Gasteiger partial charge in [0, 0.05) is 23.4 Å². The molecular weight excluding hydrogens is 517 g/mol. The number of unbranched alkanes of at least 4 members (excludes halogenated alkanes) is 1. The van der Waals surface area contributed by atoms with E-state index < -0.39 is 27.4 Å². The molecule has 11 heteroatoms. The Balaban J connectivity index is 1.36. The summed E-state index contributed by atoms with van der Waals surface area (Å²) in [7, 11) is -2.85. The van der Waals surface area contributed by atoms with Crippen molar-refractivity contribution in [2.24, 2.45) is 5.92 Å². The Morgan fingerprint density at radius 1 is 1.22 bits per heavy atom. The predicted octanol–water partition coefficient (Wildman–Crippen LogP) is 5.72. The standard InChI is InChI=1S/C26H36FN3O5S2/c1-3-4-5-17-10-12-30(13-11-17)19-8-6-18(7-9-19)25-28-24(16-36-25)37(33,34)29-22-15-21(27)20(26(31)32)14-23(22)35-2/h14-19,29H,3-13H2,1-2H3,(H,31,32)/t18-,19-. The van der Waals surface area contributed by atoms with Crippen LogP contribution < -0.4 is 9.46 Å². The van der Waals surface area contributed by atoms with Gasteiger partial charge in [-0.25, -0.2) is 14.2 Å². The molecular formula is C26H36FN3O5S2. The molecule has 2 fully saturated rings. The molecule has 37 heavy (non-hydrogen) atoms. The van der Waals surface area contributed by atoms with E-state index in [2.05, 4.69) is 21.5 Å². The van der Waals surface area contributed by atoms with Crippen LogP contribution in [0.3, 0.4) is 0 Å². The fourth-order valence-corrected chi connectivity index (χ4v) is 7.87. The maximum atomic E-state index is 14.2. The van der Waals surface area contributed by atoms with Crippen LogP contribution >= 0.6 is 11.3 Å². The Morgan fingerprint density at radius 2 is 1.92 bits per heavy atom. The number of carbonyl (C=O) groups is 1. The van der Waals surface area contributed by atoms with Crippen LogP contribution in [-0.2, 0) is 10.0 Å². The second kappa shape index (κ2) is 12.1. The van der Waals surface area contributed by atoms with Crippen molar-refractivity contribution in [2.45, 2.75) is 81.7 Å². The van der Waals surface area contributed by atoms with Crippen molar-refractivity contribution in [3.8, 4) is 5.75 Å². The Labute approximate surface area is 222 Å². The molecule has 0 atom stereocenters. The molecule has 0 spiro atoms. The number of hydrogen-bond donors (Lipinski definition) is 2. The zero-order valence-electron chi connectivity index (χ0n) is 21.4. The van der Waals surface area contributed by atoms with Crippen LogP contribution in [0.2, 0.25) is 0 Å². The molecule has 0 unspecified atom stereocenters. The third kappa shape index (κ3) is 6.61. The Hall–Kier alpha value is -2.24. The lowest BCUT2D eigenvalue weighted by Gasteiger charge is -2.40. The lowest BCUT2D eigenvalue weighted by Crippen LogP contribution is -2.43. The van der Waals surface area contributed by atoms with Crippen LogP contribution in [0.1, 0.15) is 86.0 Å². The first-order chi connectivity index (χ1) is 17.7. The number of rotatable bonds is 10. The van der Waals surface area contributed by atoms with Gasteiger partial charge in [0.1, 0.15) is 11.6 Å². The van der Waals surface area contributed by atoms with Gasteiger partial charge >= 0.3 is 5.97 Å². The predicted molar refractivity (Wildman–Crippen MR) is 142 cm³/mol. The van der Waals surface area contributed by atoms with E-state index in [1.807, 2.05) is 0 Å². The summed E-state index contributed by atoms with van der Waals surface area (Å²) < 4.78 is 47.5. The second-order valence-electron chi connectivity index (χ2n) is 10.1. The second-order valence-corrected chi connectivity index (χ2v) is 12.6. The third-order valence-corrected chi connectivity index (χ3v) is 10.1. The summed E-state index contributed by atoms with van der Waals surface area (Å²) in [6, 6.07) is 2.36. The van der Waals surface area contributed by atoms with Gasteiger partial charge in [-0.15, -0.1) is 11.3 Å².